The van der Waals surface area contributed by atoms with Gasteiger partial charge in [-0.2, -0.15) is 0 Å². The molecule has 0 unspecified atom stereocenters. The molecule has 2 heterocycles. The van der Waals surface area contributed by atoms with E-state index in [9.17, 15) is 13.2 Å². The molecule has 31 heavy (non-hydrogen) atoms. The average Bonchev–Trinajstić information content (AvgIpc) is 2.81. The summed E-state index contributed by atoms with van der Waals surface area (Å²) >= 11 is 6.13. The second-order valence-electron chi connectivity index (χ2n) is 8.17. The zero-order valence-corrected chi connectivity index (χ0v) is 19.1. The van der Waals surface area contributed by atoms with Crippen LogP contribution < -0.4 is 4.90 Å². The molecule has 6 nitrogen and oxygen atoms in total. The molecule has 0 N–H and O–H groups in total. The molecule has 2 aromatic carbocycles. The van der Waals surface area contributed by atoms with Crippen molar-refractivity contribution in [3.8, 4) is 0 Å². The number of halogens is 1. The van der Waals surface area contributed by atoms with Gasteiger partial charge in [0.15, 0.2) is 0 Å². The lowest BCUT2D eigenvalue weighted by atomic mass is 9.96. The van der Waals surface area contributed by atoms with Gasteiger partial charge in [0.2, 0.25) is 15.9 Å². The van der Waals surface area contributed by atoms with E-state index in [1.807, 2.05) is 23.1 Å². The first kappa shape index (κ1) is 22.1. The summed E-state index contributed by atoms with van der Waals surface area (Å²) in [6.45, 7) is 3.82. The van der Waals surface area contributed by atoms with Crippen molar-refractivity contribution >= 4 is 33.2 Å². The number of hydrogen-bond donors (Lipinski definition) is 0. The number of benzene rings is 2. The van der Waals surface area contributed by atoms with Gasteiger partial charge < -0.3 is 9.80 Å². The molecule has 2 aliphatic heterocycles. The van der Waals surface area contributed by atoms with Crippen molar-refractivity contribution in [1.82, 2.24) is 9.21 Å². The van der Waals surface area contributed by atoms with E-state index < -0.39 is 10.0 Å². The molecule has 0 spiro atoms. The van der Waals surface area contributed by atoms with Crippen LogP contribution in [-0.4, -0.2) is 62.8 Å². The van der Waals surface area contributed by atoms with E-state index in [4.69, 9.17) is 11.6 Å². The highest BCUT2D eigenvalue weighted by Gasteiger charge is 2.34. The van der Waals surface area contributed by atoms with E-state index in [0.29, 0.717) is 49.6 Å². The number of hydrogen-bond acceptors (Lipinski definition) is 4. The van der Waals surface area contributed by atoms with Gasteiger partial charge in [-0.25, -0.2) is 12.7 Å². The Labute approximate surface area is 189 Å². The molecule has 0 saturated carbocycles. The second-order valence-corrected chi connectivity index (χ2v) is 10.5. The molecular formula is C23H28ClN3O3S. The molecule has 0 aromatic heterocycles. The molecule has 0 bridgehead atoms. The van der Waals surface area contributed by atoms with Gasteiger partial charge in [-0.15, -0.1) is 0 Å². The van der Waals surface area contributed by atoms with E-state index in [-0.39, 0.29) is 17.6 Å². The van der Waals surface area contributed by atoms with Gasteiger partial charge in [0, 0.05) is 55.9 Å². The van der Waals surface area contributed by atoms with Crippen LogP contribution in [0.25, 0.3) is 0 Å². The van der Waals surface area contributed by atoms with Crippen molar-refractivity contribution < 1.29 is 13.2 Å². The maximum atomic E-state index is 13.0. The SMILES string of the molecule is O=C(C1CCN(S(=O)(=O)Cc2ccccc2Cl)CC1)N1CCN(c2ccccc2)CC1. The molecule has 1 amide bonds. The maximum absolute atomic E-state index is 13.0. The van der Waals surface area contributed by atoms with Crippen molar-refractivity contribution in [3.05, 3.63) is 65.2 Å². The lowest BCUT2D eigenvalue weighted by molar-refractivity contribution is -0.137. The predicted molar refractivity (Wildman–Crippen MR) is 124 cm³/mol. The third-order valence-electron chi connectivity index (χ3n) is 6.20. The van der Waals surface area contributed by atoms with Gasteiger partial charge in [-0.3, -0.25) is 4.79 Å². The first-order valence-electron chi connectivity index (χ1n) is 10.7. The summed E-state index contributed by atoms with van der Waals surface area (Å²) in [6, 6.07) is 17.3. The summed E-state index contributed by atoms with van der Waals surface area (Å²) in [4.78, 5) is 17.3. The van der Waals surface area contributed by atoms with Crippen LogP contribution in [0.15, 0.2) is 54.6 Å². The van der Waals surface area contributed by atoms with Crippen LogP contribution in [0, 0.1) is 5.92 Å². The third kappa shape index (κ3) is 5.22. The van der Waals surface area contributed by atoms with Gasteiger partial charge in [0.05, 0.1) is 5.75 Å². The minimum Gasteiger partial charge on any atom is -0.368 e. The maximum Gasteiger partial charge on any atom is 0.225 e. The number of carbonyl (C=O) groups is 1. The Bertz CT molecular complexity index is 1000. The van der Waals surface area contributed by atoms with Crippen molar-refractivity contribution in [2.24, 2.45) is 5.92 Å². The minimum atomic E-state index is -3.45. The highest BCUT2D eigenvalue weighted by molar-refractivity contribution is 7.88. The minimum absolute atomic E-state index is 0.102. The van der Waals surface area contributed by atoms with E-state index in [1.54, 1.807) is 24.3 Å². The van der Waals surface area contributed by atoms with Crippen LogP contribution in [0.2, 0.25) is 5.02 Å². The Morgan fingerprint density at radius 2 is 1.48 bits per heavy atom. The molecule has 0 atom stereocenters. The average molecular weight is 462 g/mol. The summed E-state index contributed by atoms with van der Waals surface area (Å²) in [5, 5.41) is 0.464. The van der Waals surface area contributed by atoms with Gasteiger partial charge in [0.25, 0.3) is 0 Å². The smallest absolute Gasteiger partial charge is 0.225 e. The summed E-state index contributed by atoms with van der Waals surface area (Å²) < 4.78 is 27.2. The van der Waals surface area contributed by atoms with Crippen molar-refractivity contribution in [2.75, 3.05) is 44.2 Å². The van der Waals surface area contributed by atoms with E-state index in [0.717, 1.165) is 13.1 Å². The Morgan fingerprint density at radius 1 is 0.871 bits per heavy atom. The highest BCUT2D eigenvalue weighted by atomic mass is 35.5. The first-order valence-corrected chi connectivity index (χ1v) is 12.7. The van der Waals surface area contributed by atoms with E-state index in [1.165, 1.54) is 9.99 Å². The fourth-order valence-electron chi connectivity index (χ4n) is 4.37. The molecule has 8 heteroatoms. The molecule has 2 fully saturated rings. The van der Waals surface area contributed by atoms with E-state index in [2.05, 4.69) is 17.0 Å². The third-order valence-corrected chi connectivity index (χ3v) is 8.40. The molecule has 0 radical (unpaired) electrons. The summed E-state index contributed by atoms with van der Waals surface area (Å²) in [6.07, 6.45) is 1.14. The number of rotatable bonds is 5. The first-order chi connectivity index (χ1) is 14.9. The predicted octanol–water partition coefficient (Wildman–Crippen LogP) is 3.23. The Morgan fingerprint density at radius 3 is 2.13 bits per heavy atom. The zero-order chi connectivity index (χ0) is 21.8. The molecule has 166 valence electrons. The number of amides is 1. The Hall–Kier alpha value is -2.09. The van der Waals surface area contributed by atoms with Crippen LogP contribution >= 0.6 is 11.6 Å². The van der Waals surface area contributed by atoms with Gasteiger partial charge in [0.1, 0.15) is 0 Å². The lowest BCUT2D eigenvalue weighted by Crippen LogP contribution is -2.52. The zero-order valence-electron chi connectivity index (χ0n) is 17.5. The largest absolute Gasteiger partial charge is 0.368 e. The molecular weight excluding hydrogens is 434 g/mol. The summed E-state index contributed by atoms with van der Waals surface area (Å²) in [7, 11) is -3.45. The van der Waals surface area contributed by atoms with E-state index >= 15 is 0 Å². The number of para-hydroxylation sites is 1. The molecule has 2 aromatic rings. The van der Waals surface area contributed by atoms with Gasteiger partial charge >= 0.3 is 0 Å². The normalized spacial score (nSPS) is 18.9. The summed E-state index contributed by atoms with van der Waals surface area (Å²) in [5.74, 6) is -0.0434. The monoisotopic (exact) mass is 461 g/mol. The Kier molecular flexibility index (Phi) is 6.84. The van der Waals surface area contributed by atoms with Crippen LogP contribution in [0.1, 0.15) is 18.4 Å². The van der Waals surface area contributed by atoms with Crippen molar-refractivity contribution in [3.63, 3.8) is 0 Å². The van der Waals surface area contributed by atoms with Gasteiger partial charge in [-0.1, -0.05) is 48.0 Å². The standard InChI is InChI=1S/C23H28ClN3O3S/c24-22-9-5-4-6-20(22)18-31(29,30)27-12-10-19(11-13-27)23(28)26-16-14-25(15-17-26)21-7-2-1-3-8-21/h1-9,19H,10-18H2. The number of anilines is 1. The topological polar surface area (TPSA) is 60.9 Å². The second kappa shape index (κ2) is 9.59. The molecule has 0 aliphatic carbocycles. The van der Waals surface area contributed by atoms with Crippen LogP contribution in [-0.2, 0) is 20.6 Å². The molecule has 4 rings (SSSR count). The number of piperazine rings is 1. The van der Waals surface area contributed by atoms with Gasteiger partial charge in [-0.05, 0) is 36.6 Å². The van der Waals surface area contributed by atoms with Crippen molar-refractivity contribution in [2.45, 2.75) is 18.6 Å². The number of sulfonamides is 1. The van der Waals surface area contributed by atoms with Crippen LogP contribution in [0.4, 0.5) is 5.69 Å². The number of nitrogens with zero attached hydrogens (tertiary/aromatic N) is 3. The molecule has 2 aliphatic rings. The fourth-order valence-corrected chi connectivity index (χ4v) is 6.24. The van der Waals surface area contributed by atoms with Crippen LogP contribution in [0.3, 0.4) is 0 Å². The highest BCUT2D eigenvalue weighted by Crippen LogP contribution is 2.26. The van der Waals surface area contributed by atoms with Crippen LogP contribution in [0.5, 0.6) is 0 Å². The Balaban J connectivity index is 1.29. The fraction of sp³-hybridized carbons (Fsp3) is 0.435. The number of carbonyl (C=O) groups excluding carboxylic acids is 1. The number of piperidine rings is 1. The quantitative estimate of drug-likeness (QED) is 0.685. The van der Waals surface area contributed by atoms with Crippen molar-refractivity contribution in [1.29, 1.82) is 0 Å². The summed E-state index contributed by atoms with van der Waals surface area (Å²) in [5.41, 5.74) is 1.80. The molecule has 2 saturated heterocycles. The lowest BCUT2D eigenvalue weighted by Gasteiger charge is -2.39.